The van der Waals surface area contributed by atoms with Gasteiger partial charge >= 0.3 is 0 Å². The van der Waals surface area contributed by atoms with Crippen molar-refractivity contribution < 1.29 is 13.2 Å². The average molecular weight is 292 g/mol. The first-order chi connectivity index (χ1) is 8.88. The molecule has 0 saturated carbocycles. The molecule has 2 N–H and O–H groups in total. The molecule has 0 aromatic carbocycles. The quantitative estimate of drug-likeness (QED) is 0.765. The molecule has 0 spiro atoms. The molecule has 1 heterocycles. The smallest absolute Gasteiger partial charge is 0.211 e. The van der Waals surface area contributed by atoms with Crippen LogP contribution >= 0.6 is 0 Å². The van der Waals surface area contributed by atoms with Crippen LogP contribution in [0.15, 0.2) is 0 Å². The maximum atomic E-state index is 11.6. The number of nitrogens with two attached hydrogens (primary N) is 1. The van der Waals surface area contributed by atoms with Gasteiger partial charge < -0.3 is 10.5 Å². The molecule has 0 bridgehead atoms. The first kappa shape index (κ1) is 16.9. The number of hydrogen-bond acceptors (Lipinski definition) is 4. The predicted octanol–water partition coefficient (Wildman–Crippen LogP) is 1.19. The van der Waals surface area contributed by atoms with Crippen molar-refractivity contribution in [2.24, 2.45) is 11.7 Å². The van der Waals surface area contributed by atoms with Crippen LogP contribution in [0.4, 0.5) is 0 Å². The third-order valence-corrected chi connectivity index (χ3v) is 5.09. The predicted molar refractivity (Wildman–Crippen MR) is 77.4 cm³/mol. The lowest BCUT2D eigenvalue weighted by Crippen LogP contribution is -2.44. The van der Waals surface area contributed by atoms with E-state index in [4.69, 9.17) is 10.5 Å². The Morgan fingerprint density at radius 2 is 2.11 bits per heavy atom. The zero-order valence-corrected chi connectivity index (χ0v) is 13.2. The van der Waals surface area contributed by atoms with Gasteiger partial charge in [0.2, 0.25) is 10.0 Å². The fourth-order valence-electron chi connectivity index (χ4n) is 2.82. The number of nitrogens with zero attached hydrogens (tertiary/aromatic N) is 1. The molecule has 1 saturated heterocycles. The summed E-state index contributed by atoms with van der Waals surface area (Å²) in [6.45, 7) is 5.97. The molecule has 19 heavy (non-hydrogen) atoms. The van der Waals surface area contributed by atoms with Crippen LogP contribution in [-0.4, -0.2) is 50.8 Å². The van der Waals surface area contributed by atoms with Crippen molar-refractivity contribution in [2.45, 2.75) is 51.7 Å². The summed E-state index contributed by atoms with van der Waals surface area (Å²) in [5.41, 5.74) is 6.21. The van der Waals surface area contributed by atoms with E-state index in [1.165, 1.54) is 6.26 Å². The molecule has 0 radical (unpaired) electrons. The van der Waals surface area contributed by atoms with Crippen molar-refractivity contribution in [3.05, 3.63) is 0 Å². The summed E-state index contributed by atoms with van der Waals surface area (Å²) < 4.78 is 30.4. The van der Waals surface area contributed by atoms with Crippen LogP contribution in [0.5, 0.6) is 0 Å². The highest BCUT2D eigenvalue weighted by molar-refractivity contribution is 7.88. The van der Waals surface area contributed by atoms with E-state index in [2.05, 4.69) is 6.92 Å². The van der Waals surface area contributed by atoms with Crippen LogP contribution < -0.4 is 5.73 Å². The van der Waals surface area contributed by atoms with Crippen molar-refractivity contribution in [2.75, 3.05) is 26.0 Å². The van der Waals surface area contributed by atoms with Gasteiger partial charge in [-0.2, -0.15) is 0 Å². The largest absolute Gasteiger partial charge is 0.377 e. The lowest BCUT2D eigenvalue weighted by molar-refractivity contribution is 0.0334. The van der Waals surface area contributed by atoms with E-state index < -0.39 is 10.0 Å². The van der Waals surface area contributed by atoms with E-state index in [1.807, 2.05) is 6.92 Å². The van der Waals surface area contributed by atoms with Gasteiger partial charge in [0, 0.05) is 25.7 Å². The molecule has 0 amide bonds. The number of sulfonamides is 1. The second-order valence-corrected chi connectivity index (χ2v) is 7.41. The average Bonchev–Trinajstić information content (AvgIpc) is 2.35. The number of ether oxygens (including phenoxy) is 1. The second-order valence-electron chi connectivity index (χ2n) is 5.43. The fraction of sp³-hybridized carbons (Fsp3) is 1.00. The molecule has 0 aromatic rings. The van der Waals surface area contributed by atoms with Crippen LogP contribution in [0.25, 0.3) is 0 Å². The standard InChI is InChI=1S/C13H28N2O3S/c1-4-13(18-5-2)12(14)9-11-7-6-8-15(10-11)19(3,16)17/h11-13H,4-10,14H2,1-3H3. The van der Waals surface area contributed by atoms with Crippen molar-refractivity contribution >= 4 is 10.0 Å². The Morgan fingerprint density at radius 1 is 1.42 bits per heavy atom. The normalized spacial score (nSPS) is 25.2. The topological polar surface area (TPSA) is 72.6 Å². The minimum Gasteiger partial charge on any atom is -0.377 e. The molecule has 3 unspecified atom stereocenters. The van der Waals surface area contributed by atoms with Gasteiger partial charge in [-0.25, -0.2) is 12.7 Å². The summed E-state index contributed by atoms with van der Waals surface area (Å²) >= 11 is 0. The molecule has 0 aliphatic carbocycles. The van der Waals surface area contributed by atoms with Gasteiger partial charge in [0.1, 0.15) is 0 Å². The lowest BCUT2D eigenvalue weighted by atomic mass is 9.90. The highest BCUT2D eigenvalue weighted by atomic mass is 32.2. The summed E-state index contributed by atoms with van der Waals surface area (Å²) in [6, 6.07) is -0.00513. The Balaban J connectivity index is 2.52. The molecule has 1 fully saturated rings. The summed E-state index contributed by atoms with van der Waals surface area (Å²) in [5, 5.41) is 0. The maximum absolute atomic E-state index is 11.6. The fourth-order valence-corrected chi connectivity index (χ4v) is 3.76. The van der Waals surface area contributed by atoms with E-state index in [1.54, 1.807) is 4.31 Å². The van der Waals surface area contributed by atoms with Crippen LogP contribution in [-0.2, 0) is 14.8 Å². The Kier molecular flexibility index (Phi) is 6.73. The van der Waals surface area contributed by atoms with Gasteiger partial charge in [-0.1, -0.05) is 6.92 Å². The molecule has 6 heteroatoms. The Bertz CT molecular complexity index is 359. The van der Waals surface area contributed by atoms with E-state index in [0.29, 0.717) is 25.6 Å². The SMILES string of the molecule is CCOC(CC)C(N)CC1CCCN(S(C)(=O)=O)C1. The molecule has 5 nitrogen and oxygen atoms in total. The van der Waals surface area contributed by atoms with Gasteiger partial charge in [0.05, 0.1) is 12.4 Å². The Hall–Kier alpha value is -0.170. The maximum Gasteiger partial charge on any atom is 0.211 e. The lowest BCUT2D eigenvalue weighted by Gasteiger charge is -2.33. The Labute approximate surface area is 117 Å². The van der Waals surface area contributed by atoms with E-state index in [0.717, 1.165) is 25.7 Å². The highest BCUT2D eigenvalue weighted by Gasteiger charge is 2.28. The molecule has 1 aliphatic rings. The zero-order chi connectivity index (χ0) is 14.5. The van der Waals surface area contributed by atoms with E-state index in [9.17, 15) is 8.42 Å². The van der Waals surface area contributed by atoms with Crippen LogP contribution in [0.2, 0.25) is 0 Å². The van der Waals surface area contributed by atoms with Gasteiger partial charge in [-0.3, -0.25) is 0 Å². The summed E-state index contributed by atoms with van der Waals surface area (Å²) in [5.74, 6) is 0.355. The molecule has 0 aromatic heterocycles. The van der Waals surface area contributed by atoms with Gasteiger partial charge in [0.15, 0.2) is 0 Å². The second kappa shape index (κ2) is 7.57. The van der Waals surface area contributed by atoms with Crippen molar-refractivity contribution in [1.29, 1.82) is 0 Å². The van der Waals surface area contributed by atoms with Gasteiger partial charge in [0.25, 0.3) is 0 Å². The third-order valence-electron chi connectivity index (χ3n) is 3.82. The van der Waals surface area contributed by atoms with Crippen LogP contribution in [0, 0.1) is 5.92 Å². The van der Waals surface area contributed by atoms with Gasteiger partial charge in [-0.15, -0.1) is 0 Å². The van der Waals surface area contributed by atoms with Crippen molar-refractivity contribution in [1.82, 2.24) is 4.31 Å². The molecular formula is C13H28N2O3S. The monoisotopic (exact) mass is 292 g/mol. The summed E-state index contributed by atoms with van der Waals surface area (Å²) in [4.78, 5) is 0. The molecule has 114 valence electrons. The number of hydrogen-bond donors (Lipinski definition) is 1. The third kappa shape index (κ3) is 5.38. The van der Waals surface area contributed by atoms with E-state index >= 15 is 0 Å². The van der Waals surface area contributed by atoms with Gasteiger partial charge in [-0.05, 0) is 38.5 Å². The summed E-state index contributed by atoms with van der Waals surface area (Å²) in [6.07, 6.45) is 5.09. The molecular weight excluding hydrogens is 264 g/mol. The summed E-state index contributed by atoms with van der Waals surface area (Å²) in [7, 11) is -3.07. The number of piperidine rings is 1. The van der Waals surface area contributed by atoms with Crippen LogP contribution in [0.3, 0.4) is 0 Å². The van der Waals surface area contributed by atoms with Crippen LogP contribution in [0.1, 0.15) is 39.5 Å². The number of rotatable bonds is 7. The van der Waals surface area contributed by atoms with E-state index in [-0.39, 0.29) is 12.1 Å². The molecule has 3 atom stereocenters. The van der Waals surface area contributed by atoms with Crippen molar-refractivity contribution in [3.63, 3.8) is 0 Å². The zero-order valence-electron chi connectivity index (χ0n) is 12.3. The highest BCUT2D eigenvalue weighted by Crippen LogP contribution is 2.24. The first-order valence-electron chi connectivity index (χ1n) is 7.20. The molecule has 1 rings (SSSR count). The van der Waals surface area contributed by atoms with Crippen molar-refractivity contribution in [3.8, 4) is 0 Å². The minimum atomic E-state index is -3.07. The Morgan fingerprint density at radius 3 is 2.63 bits per heavy atom. The minimum absolute atomic E-state index is 0.00513. The first-order valence-corrected chi connectivity index (χ1v) is 9.05. The molecule has 1 aliphatic heterocycles.